The molecule has 26 heavy (non-hydrogen) atoms. The summed E-state index contributed by atoms with van der Waals surface area (Å²) >= 11 is 1.97. The van der Waals surface area contributed by atoms with Gasteiger partial charge in [-0.05, 0) is 40.0 Å². The molecule has 2 rings (SSSR count). The van der Waals surface area contributed by atoms with Crippen molar-refractivity contribution in [2.45, 2.75) is 50.9 Å². The number of hydrogen-bond acceptors (Lipinski definition) is 5. The Morgan fingerprint density at radius 2 is 2.19 bits per heavy atom. The standard InChI is InChI=1S/C17H34N4O3S2/c1-4-18-16(21-9-11-25-17(2,3)14-21)19-8-12-26(22,23)20-13-15-7-5-6-10-24-15/h15,20H,4-14H2,1-3H3,(H,18,19). The zero-order valence-electron chi connectivity index (χ0n) is 16.3. The smallest absolute Gasteiger partial charge is 0.213 e. The molecule has 9 heteroatoms. The van der Waals surface area contributed by atoms with E-state index in [0.29, 0.717) is 6.54 Å². The summed E-state index contributed by atoms with van der Waals surface area (Å²) in [6.45, 7) is 10.5. The van der Waals surface area contributed by atoms with E-state index in [9.17, 15) is 8.42 Å². The fourth-order valence-corrected chi connectivity index (χ4v) is 5.18. The van der Waals surface area contributed by atoms with Gasteiger partial charge in [0.05, 0.1) is 18.4 Å². The number of nitrogens with one attached hydrogen (secondary N) is 2. The number of ether oxygens (including phenoxy) is 1. The van der Waals surface area contributed by atoms with Crippen molar-refractivity contribution >= 4 is 27.7 Å². The Morgan fingerprint density at radius 1 is 1.38 bits per heavy atom. The van der Waals surface area contributed by atoms with Gasteiger partial charge in [-0.2, -0.15) is 11.8 Å². The lowest BCUT2D eigenvalue weighted by atomic mass is 10.1. The number of aliphatic imine (C=N–C) groups is 1. The number of guanidine groups is 1. The summed E-state index contributed by atoms with van der Waals surface area (Å²) in [5.74, 6) is 1.87. The molecule has 0 saturated carbocycles. The maximum Gasteiger partial charge on any atom is 0.213 e. The first-order valence-corrected chi connectivity index (χ1v) is 12.2. The third-order valence-corrected chi connectivity index (χ3v) is 7.11. The Kier molecular flexibility index (Phi) is 8.50. The van der Waals surface area contributed by atoms with Gasteiger partial charge in [0.2, 0.25) is 10.0 Å². The summed E-state index contributed by atoms with van der Waals surface area (Å²) in [5, 5.41) is 3.29. The number of rotatable bonds is 7. The number of thioether (sulfide) groups is 1. The molecule has 2 heterocycles. The molecule has 2 N–H and O–H groups in total. The van der Waals surface area contributed by atoms with E-state index in [4.69, 9.17) is 4.74 Å². The monoisotopic (exact) mass is 406 g/mol. The fourth-order valence-electron chi connectivity index (χ4n) is 3.16. The van der Waals surface area contributed by atoms with Crippen molar-refractivity contribution in [3.63, 3.8) is 0 Å². The predicted molar refractivity (Wildman–Crippen MR) is 109 cm³/mol. The molecule has 1 atom stereocenters. The van der Waals surface area contributed by atoms with Gasteiger partial charge in [0.15, 0.2) is 5.96 Å². The molecule has 0 spiro atoms. The summed E-state index contributed by atoms with van der Waals surface area (Å²) in [7, 11) is -3.33. The Balaban J connectivity index is 1.83. The molecular formula is C17H34N4O3S2. The van der Waals surface area contributed by atoms with E-state index < -0.39 is 10.0 Å². The quantitative estimate of drug-likeness (QED) is 0.489. The maximum atomic E-state index is 12.2. The molecule has 0 bridgehead atoms. The van der Waals surface area contributed by atoms with Crippen LogP contribution in [0, 0.1) is 0 Å². The Morgan fingerprint density at radius 3 is 2.85 bits per heavy atom. The molecule has 2 aliphatic rings. The average molecular weight is 407 g/mol. The summed E-state index contributed by atoms with van der Waals surface area (Å²) in [5.41, 5.74) is 0. The lowest BCUT2D eigenvalue weighted by molar-refractivity contribution is 0.0200. The first kappa shape index (κ1) is 21.8. The minimum atomic E-state index is -3.33. The van der Waals surface area contributed by atoms with Crippen LogP contribution in [-0.4, -0.2) is 81.0 Å². The molecule has 0 radical (unpaired) electrons. The van der Waals surface area contributed by atoms with Crippen LogP contribution in [0.15, 0.2) is 4.99 Å². The van der Waals surface area contributed by atoms with Crippen LogP contribution in [-0.2, 0) is 14.8 Å². The van der Waals surface area contributed by atoms with E-state index in [1.165, 1.54) is 0 Å². The van der Waals surface area contributed by atoms with Gasteiger partial charge in [0, 0.05) is 43.3 Å². The van der Waals surface area contributed by atoms with Gasteiger partial charge < -0.3 is 15.0 Å². The van der Waals surface area contributed by atoms with Gasteiger partial charge in [-0.25, -0.2) is 13.1 Å². The molecule has 2 saturated heterocycles. The molecule has 0 aromatic carbocycles. The van der Waals surface area contributed by atoms with Gasteiger partial charge in [-0.15, -0.1) is 0 Å². The van der Waals surface area contributed by atoms with Crippen molar-refractivity contribution in [3.05, 3.63) is 0 Å². The lowest BCUT2D eigenvalue weighted by Gasteiger charge is -2.39. The van der Waals surface area contributed by atoms with Crippen molar-refractivity contribution in [2.24, 2.45) is 4.99 Å². The van der Waals surface area contributed by atoms with Crippen molar-refractivity contribution in [3.8, 4) is 0 Å². The highest BCUT2D eigenvalue weighted by Crippen LogP contribution is 2.29. The number of nitrogens with zero attached hydrogens (tertiary/aromatic N) is 2. The molecule has 0 amide bonds. The highest BCUT2D eigenvalue weighted by atomic mass is 32.2. The predicted octanol–water partition coefficient (Wildman–Crippen LogP) is 1.27. The minimum Gasteiger partial charge on any atom is -0.377 e. The summed E-state index contributed by atoms with van der Waals surface area (Å²) in [4.78, 5) is 6.79. The lowest BCUT2D eigenvalue weighted by Crippen LogP contribution is -2.51. The highest BCUT2D eigenvalue weighted by Gasteiger charge is 2.28. The Labute approximate surface area is 162 Å². The van der Waals surface area contributed by atoms with Crippen LogP contribution in [0.4, 0.5) is 0 Å². The second-order valence-corrected chi connectivity index (χ2v) is 11.1. The van der Waals surface area contributed by atoms with E-state index >= 15 is 0 Å². The van der Waals surface area contributed by atoms with Crippen molar-refractivity contribution < 1.29 is 13.2 Å². The van der Waals surface area contributed by atoms with E-state index in [2.05, 4.69) is 33.8 Å². The van der Waals surface area contributed by atoms with Gasteiger partial charge in [-0.1, -0.05) is 0 Å². The van der Waals surface area contributed by atoms with Crippen LogP contribution in [0.5, 0.6) is 0 Å². The van der Waals surface area contributed by atoms with Gasteiger partial charge >= 0.3 is 0 Å². The van der Waals surface area contributed by atoms with Crippen LogP contribution < -0.4 is 10.0 Å². The van der Waals surface area contributed by atoms with Crippen LogP contribution in [0.2, 0.25) is 0 Å². The van der Waals surface area contributed by atoms with Gasteiger partial charge in [0.25, 0.3) is 0 Å². The second kappa shape index (κ2) is 10.1. The van der Waals surface area contributed by atoms with Gasteiger partial charge in [0.1, 0.15) is 0 Å². The molecule has 1 unspecified atom stereocenters. The molecular weight excluding hydrogens is 372 g/mol. The third kappa shape index (κ3) is 7.62. The van der Waals surface area contributed by atoms with Crippen molar-refractivity contribution in [1.82, 2.24) is 14.9 Å². The van der Waals surface area contributed by atoms with Gasteiger partial charge in [-0.3, -0.25) is 4.99 Å². The second-order valence-electron chi connectivity index (χ2n) is 7.42. The van der Waals surface area contributed by atoms with E-state index in [-0.39, 0.29) is 23.1 Å². The number of sulfonamides is 1. The van der Waals surface area contributed by atoms with Crippen molar-refractivity contribution in [2.75, 3.05) is 50.8 Å². The van der Waals surface area contributed by atoms with Crippen LogP contribution in [0.25, 0.3) is 0 Å². The molecule has 0 aromatic rings. The Bertz CT molecular complexity index is 560. The summed E-state index contributed by atoms with van der Waals surface area (Å²) in [6.07, 6.45) is 3.10. The van der Waals surface area contributed by atoms with E-state index in [0.717, 1.165) is 57.2 Å². The maximum absolute atomic E-state index is 12.2. The largest absolute Gasteiger partial charge is 0.377 e. The summed E-state index contributed by atoms with van der Waals surface area (Å²) < 4.78 is 32.9. The van der Waals surface area contributed by atoms with E-state index in [1.54, 1.807) is 0 Å². The molecule has 0 aliphatic carbocycles. The zero-order chi connectivity index (χ0) is 19.0. The highest BCUT2D eigenvalue weighted by molar-refractivity contribution is 8.00. The summed E-state index contributed by atoms with van der Waals surface area (Å²) in [6, 6.07) is 0. The van der Waals surface area contributed by atoms with E-state index in [1.807, 2.05) is 18.7 Å². The minimum absolute atomic E-state index is 0.000592. The first-order chi connectivity index (χ1) is 12.3. The molecule has 2 fully saturated rings. The third-order valence-electron chi connectivity index (χ3n) is 4.49. The molecule has 2 aliphatic heterocycles. The first-order valence-electron chi connectivity index (χ1n) is 9.57. The Hall–Kier alpha value is -0.510. The van der Waals surface area contributed by atoms with Crippen LogP contribution >= 0.6 is 11.8 Å². The normalized spacial score (nSPS) is 24.5. The molecule has 7 nitrogen and oxygen atoms in total. The average Bonchev–Trinajstić information content (AvgIpc) is 2.59. The molecule has 152 valence electrons. The molecule has 0 aromatic heterocycles. The topological polar surface area (TPSA) is 83.0 Å². The fraction of sp³-hybridized carbons (Fsp3) is 0.941. The van der Waals surface area contributed by atoms with Crippen LogP contribution in [0.3, 0.4) is 0 Å². The SMILES string of the molecule is CCNC(=NCCS(=O)(=O)NCC1CCCCO1)N1CCSC(C)(C)C1. The number of hydrogen-bond donors (Lipinski definition) is 2. The zero-order valence-corrected chi connectivity index (χ0v) is 17.9. The van der Waals surface area contributed by atoms with Crippen LogP contribution in [0.1, 0.15) is 40.0 Å². The van der Waals surface area contributed by atoms with Crippen molar-refractivity contribution in [1.29, 1.82) is 0 Å².